The molecule has 1 aromatic carbocycles. The van der Waals surface area contributed by atoms with Crippen LogP contribution in [-0.4, -0.2) is 6.36 Å². The van der Waals surface area contributed by atoms with Gasteiger partial charge in [0.1, 0.15) is 0 Å². The Bertz CT molecular complexity index is 427. The van der Waals surface area contributed by atoms with Gasteiger partial charge in [0, 0.05) is 0 Å². The summed E-state index contributed by atoms with van der Waals surface area (Å²) in [6.07, 6.45) is -9.93. The van der Waals surface area contributed by atoms with Crippen LogP contribution in [0.15, 0.2) is 16.6 Å². The number of benzene rings is 1. The molecule has 0 bridgehead atoms. The first-order valence-electron chi connectivity index (χ1n) is 3.93. The highest BCUT2D eigenvalue weighted by molar-refractivity contribution is 9.10. The van der Waals surface area contributed by atoms with E-state index in [1.54, 1.807) is 0 Å². The van der Waals surface area contributed by atoms with Crippen LogP contribution in [0.2, 0.25) is 0 Å². The number of ether oxygens (including phenoxy) is 1. The van der Waals surface area contributed by atoms with Crippen molar-refractivity contribution >= 4 is 21.6 Å². The third kappa shape index (κ3) is 3.42. The average molecular weight is 324 g/mol. The molecule has 17 heavy (non-hydrogen) atoms. The first kappa shape index (κ1) is 13.9. The Morgan fingerprint density at radius 1 is 1.06 bits per heavy atom. The average Bonchev–Trinajstić information content (AvgIpc) is 2.08. The molecule has 9 heteroatoms. The smallest absolute Gasteiger partial charge is 0.402 e. The van der Waals surface area contributed by atoms with Gasteiger partial charge in [-0.3, -0.25) is 0 Å². The standard InChI is InChI=1S/C8H4BrF6NO/c9-5-3(7(10,11)12)1-2-4(16)6(5)17-8(13,14)15/h1-2H,16H2. The van der Waals surface area contributed by atoms with Crippen LogP contribution in [0.25, 0.3) is 0 Å². The van der Waals surface area contributed by atoms with Crippen molar-refractivity contribution in [2.45, 2.75) is 12.5 Å². The van der Waals surface area contributed by atoms with Crippen LogP contribution in [0.4, 0.5) is 32.0 Å². The molecule has 1 aromatic rings. The summed E-state index contributed by atoms with van der Waals surface area (Å²) in [5, 5.41) is 0. The molecule has 0 unspecified atom stereocenters. The number of alkyl halides is 6. The molecule has 0 heterocycles. The number of anilines is 1. The molecule has 0 spiro atoms. The summed E-state index contributed by atoms with van der Waals surface area (Å²) in [5.74, 6) is -1.10. The monoisotopic (exact) mass is 323 g/mol. The maximum Gasteiger partial charge on any atom is 0.573 e. The lowest BCUT2D eigenvalue weighted by Gasteiger charge is -2.16. The van der Waals surface area contributed by atoms with Crippen molar-refractivity contribution in [1.29, 1.82) is 0 Å². The number of hydrogen-bond acceptors (Lipinski definition) is 2. The minimum absolute atomic E-state index is 0.554. The molecule has 0 radical (unpaired) electrons. The van der Waals surface area contributed by atoms with Gasteiger partial charge in [0.2, 0.25) is 0 Å². The number of halogens is 7. The third-order valence-electron chi connectivity index (χ3n) is 1.65. The first-order chi connectivity index (χ1) is 7.52. The lowest BCUT2D eigenvalue weighted by atomic mass is 10.2. The van der Waals surface area contributed by atoms with Gasteiger partial charge in [0.25, 0.3) is 0 Å². The Hall–Kier alpha value is -1.12. The molecule has 96 valence electrons. The molecular formula is C8H4BrF6NO. The molecule has 0 saturated heterocycles. The van der Waals surface area contributed by atoms with Crippen molar-refractivity contribution in [3.63, 3.8) is 0 Å². The largest absolute Gasteiger partial charge is 0.573 e. The quantitative estimate of drug-likeness (QED) is 0.627. The van der Waals surface area contributed by atoms with E-state index in [0.717, 1.165) is 0 Å². The zero-order valence-corrected chi connectivity index (χ0v) is 9.37. The molecule has 2 nitrogen and oxygen atoms in total. The Labute approximate surface area is 99.5 Å². The number of hydrogen-bond donors (Lipinski definition) is 1. The van der Waals surface area contributed by atoms with E-state index in [2.05, 4.69) is 20.7 Å². The second-order valence-electron chi connectivity index (χ2n) is 2.89. The fourth-order valence-electron chi connectivity index (χ4n) is 1.01. The predicted molar refractivity (Wildman–Crippen MR) is 50.2 cm³/mol. The highest BCUT2D eigenvalue weighted by Crippen LogP contribution is 2.43. The first-order valence-corrected chi connectivity index (χ1v) is 4.72. The zero-order chi connectivity index (χ0) is 13.4. The van der Waals surface area contributed by atoms with E-state index in [1.165, 1.54) is 0 Å². The van der Waals surface area contributed by atoms with Gasteiger partial charge in [-0.2, -0.15) is 13.2 Å². The lowest BCUT2D eigenvalue weighted by molar-refractivity contribution is -0.274. The van der Waals surface area contributed by atoms with Crippen LogP contribution in [0.3, 0.4) is 0 Å². The van der Waals surface area contributed by atoms with Gasteiger partial charge < -0.3 is 10.5 Å². The highest BCUT2D eigenvalue weighted by Gasteiger charge is 2.38. The molecular weight excluding hydrogens is 320 g/mol. The maximum atomic E-state index is 12.4. The highest BCUT2D eigenvalue weighted by atomic mass is 79.9. The Balaban J connectivity index is 3.31. The molecule has 1 rings (SSSR count). The van der Waals surface area contributed by atoms with E-state index < -0.39 is 34.0 Å². The third-order valence-corrected chi connectivity index (χ3v) is 2.44. The second kappa shape index (κ2) is 4.28. The Morgan fingerprint density at radius 2 is 1.59 bits per heavy atom. The molecule has 0 aliphatic rings. The molecule has 0 saturated carbocycles. The fraction of sp³-hybridized carbons (Fsp3) is 0.250. The molecule has 0 aromatic heterocycles. The van der Waals surface area contributed by atoms with Gasteiger partial charge >= 0.3 is 12.5 Å². The van der Waals surface area contributed by atoms with Crippen molar-refractivity contribution in [2.75, 3.05) is 5.73 Å². The van der Waals surface area contributed by atoms with Crippen LogP contribution in [0.5, 0.6) is 5.75 Å². The molecule has 0 amide bonds. The Morgan fingerprint density at radius 3 is 2.00 bits per heavy atom. The van der Waals surface area contributed by atoms with Gasteiger partial charge in [0.15, 0.2) is 5.75 Å². The summed E-state index contributed by atoms with van der Waals surface area (Å²) in [7, 11) is 0. The van der Waals surface area contributed by atoms with Gasteiger partial charge in [0.05, 0.1) is 15.7 Å². The van der Waals surface area contributed by atoms with E-state index in [-0.39, 0.29) is 0 Å². The van der Waals surface area contributed by atoms with Gasteiger partial charge in [-0.25, -0.2) is 0 Å². The molecule has 0 fully saturated rings. The predicted octanol–water partition coefficient (Wildman–Crippen LogP) is 3.95. The summed E-state index contributed by atoms with van der Waals surface area (Å²) in [5.41, 5.74) is 3.26. The molecule has 0 aliphatic heterocycles. The molecule has 2 N–H and O–H groups in total. The summed E-state index contributed by atoms with van der Waals surface area (Å²) in [6.45, 7) is 0. The summed E-state index contributed by atoms with van der Waals surface area (Å²) in [6, 6.07) is 1.25. The molecule has 0 aliphatic carbocycles. The van der Waals surface area contributed by atoms with Crippen molar-refractivity contribution in [3.8, 4) is 5.75 Å². The number of nitrogens with two attached hydrogens (primary N) is 1. The topological polar surface area (TPSA) is 35.2 Å². The second-order valence-corrected chi connectivity index (χ2v) is 3.68. The van der Waals surface area contributed by atoms with E-state index in [1.807, 2.05) is 0 Å². The number of nitrogen functional groups attached to an aromatic ring is 1. The minimum atomic E-state index is -5.12. The van der Waals surface area contributed by atoms with Crippen LogP contribution < -0.4 is 10.5 Å². The van der Waals surface area contributed by atoms with Crippen LogP contribution in [0.1, 0.15) is 5.56 Å². The van der Waals surface area contributed by atoms with Gasteiger partial charge in [-0.15, -0.1) is 13.2 Å². The Kier molecular flexibility index (Phi) is 3.51. The fourth-order valence-corrected chi connectivity index (χ4v) is 1.68. The zero-order valence-electron chi connectivity index (χ0n) is 7.79. The maximum absolute atomic E-state index is 12.4. The van der Waals surface area contributed by atoms with Crippen LogP contribution in [0, 0.1) is 0 Å². The van der Waals surface area contributed by atoms with E-state index in [9.17, 15) is 26.3 Å². The van der Waals surface area contributed by atoms with E-state index in [0.29, 0.717) is 12.1 Å². The summed E-state index contributed by atoms with van der Waals surface area (Å²) in [4.78, 5) is 0. The van der Waals surface area contributed by atoms with Crippen molar-refractivity contribution in [3.05, 3.63) is 22.2 Å². The SMILES string of the molecule is Nc1ccc(C(F)(F)F)c(Br)c1OC(F)(F)F. The van der Waals surface area contributed by atoms with Crippen molar-refractivity contribution in [1.82, 2.24) is 0 Å². The van der Waals surface area contributed by atoms with Gasteiger partial charge in [-0.1, -0.05) is 0 Å². The van der Waals surface area contributed by atoms with Crippen LogP contribution in [-0.2, 0) is 6.18 Å². The van der Waals surface area contributed by atoms with Crippen molar-refractivity contribution in [2.24, 2.45) is 0 Å². The van der Waals surface area contributed by atoms with E-state index >= 15 is 0 Å². The summed E-state index contributed by atoms with van der Waals surface area (Å²) >= 11 is 2.40. The van der Waals surface area contributed by atoms with Gasteiger partial charge in [-0.05, 0) is 28.1 Å². The number of rotatable bonds is 1. The minimum Gasteiger partial charge on any atom is -0.402 e. The van der Waals surface area contributed by atoms with Crippen molar-refractivity contribution < 1.29 is 31.1 Å². The summed E-state index contributed by atoms with van der Waals surface area (Å²) < 4.78 is 75.5. The van der Waals surface area contributed by atoms with Crippen LogP contribution >= 0.6 is 15.9 Å². The molecule has 0 atom stereocenters. The lowest BCUT2D eigenvalue weighted by Crippen LogP contribution is -2.19. The normalized spacial score (nSPS) is 12.6. The van der Waals surface area contributed by atoms with E-state index in [4.69, 9.17) is 5.73 Å².